The van der Waals surface area contributed by atoms with Gasteiger partial charge < -0.3 is 9.47 Å². The molecule has 0 amide bonds. The summed E-state index contributed by atoms with van der Waals surface area (Å²) in [6, 6.07) is 7.83. The summed E-state index contributed by atoms with van der Waals surface area (Å²) in [6.07, 6.45) is 2.52. The van der Waals surface area contributed by atoms with Crippen molar-refractivity contribution >= 4 is 5.97 Å². The third kappa shape index (κ3) is 5.81. The van der Waals surface area contributed by atoms with Crippen molar-refractivity contribution in [3.8, 4) is 17.6 Å². The highest BCUT2D eigenvalue weighted by molar-refractivity contribution is 5.71. The van der Waals surface area contributed by atoms with Crippen LogP contribution >= 0.6 is 0 Å². The van der Waals surface area contributed by atoms with Gasteiger partial charge in [0.2, 0.25) is 0 Å². The average Bonchev–Trinajstić information content (AvgIpc) is 2.56. The average molecular weight is 302 g/mol. The van der Waals surface area contributed by atoms with Gasteiger partial charge in [-0.2, -0.15) is 0 Å². The normalized spacial score (nSPS) is 11.5. The highest BCUT2D eigenvalue weighted by Crippen LogP contribution is 2.23. The molecule has 3 nitrogen and oxygen atoms in total. The monoisotopic (exact) mass is 302 g/mol. The van der Waals surface area contributed by atoms with Gasteiger partial charge in [-0.25, -0.2) is 0 Å². The molecule has 1 rings (SSSR count). The van der Waals surface area contributed by atoms with Crippen molar-refractivity contribution in [2.45, 2.75) is 46.0 Å². The van der Waals surface area contributed by atoms with Crippen LogP contribution in [0.25, 0.3) is 0 Å². The van der Waals surface area contributed by atoms with Gasteiger partial charge in [0.05, 0.1) is 26.1 Å². The maximum absolute atomic E-state index is 11.5. The molecule has 0 bridgehead atoms. The number of benzene rings is 1. The molecule has 0 saturated heterocycles. The van der Waals surface area contributed by atoms with E-state index in [2.05, 4.69) is 25.7 Å². The Kier molecular flexibility index (Phi) is 8.14. The standard InChI is InChI=1S/C19H26O3/c1-5-8-17(13-19(20)21-4)16-9-11-18(12-10-16)22-14-15(6-2)7-3/h9-12,15,17H,6-7,13-14H2,1-4H3. The van der Waals surface area contributed by atoms with Gasteiger partial charge in [0.25, 0.3) is 0 Å². The fourth-order valence-corrected chi connectivity index (χ4v) is 2.21. The minimum Gasteiger partial charge on any atom is -0.493 e. The summed E-state index contributed by atoms with van der Waals surface area (Å²) < 4.78 is 10.5. The summed E-state index contributed by atoms with van der Waals surface area (Å²) in [5.74, 6) is 7.01. The quantitative estimate of drug-likeness (QED) is 0.534. The van der Waals surface area contributed by atoms with Gasteiger partial charge in [0.15, 0.2) is 0 Å². The van der Waals surface area contributed by atoms with E-state index in [0.29, 0.717) is 5.92 Å². The van der Waals surface area contributed by atoms with Gasteiger partial charge in [-0.3, -0.25) is 4.79 Å². The molecule has 3 heteroatoms. The van der Waals surface area contributed by atoms with Crippen LogP contribution in [0.2, 0.25) is 0 Å². The number of carbonyl (C=O) groups excluding carboxylic acids is 1. The molecule has 0 radical (unpaired) electrons. The molecule has 0 aliphatic heterocycles. The van der Waals surface area contributed by atoms with Crippen LogP contribution in [0.1, 0.15) is 51.5 Å². The summed E-state index contributed by atoms with van der Waals surface area (Å²) in [6.45, 7) is 6.88. The van der Waals surface area contributed by atoms with Gasteiger partial charge in [-0.15, -0.1) is 5.92 Å². The molecule has 0 fully saturated rings. The van der Waals surface area contributed by atoms with Gasteiger partial charge in [0.1, 0.15) is 5.75 Å². The Hall–Kier alpha value is -1.95. The number of hydrogen-bond donors (Lipinski definition) is 0. The molecule has 1 atom stereocenters. The van der Waals surface area contributed by atoms with Crippen LogP contribution in [0.3, 0.4) is 0 Å². The molecular formula is C19H26O3. The van der Waals surface area contributed by atoms with Gasteiger partial charge in [-0.1, -0.05) is 44.7 Å². The zero-order valence-corrected chi connectivity index (χ0v) is 14.0. The van der Waals surface area contributed by atoms with Crippen molar-refractivity contribution in [2.24, 2.45) is 5.92 Å². The SMILES string of the molecule is CC#CC(CC(=O)OC)c1ccc(OCC(CC)CC)cc1. The number of methoxy groups -OCH3 is 1. The van der Waals surface area contributed by atoms with Gasteiger partial charge in [-0.05, 0) is 30.5 Å². The Morgan fingerprint density at radius 3 is 2.32 bits per heavy atom. The summed E-state index contributed by atoms with van der Waals surface area (Å²) in [4.78, 5) is 11.5. The van der Waals surface area contributed by atoms with Crippen molar-refractivity contribution < 1.29 is 14.3 Å². The van der Waals surface area contributed by atoms with Gasteiger partial charge in [0, 0.05) is 0 Å². The lowest BCUT2D eigenvalue weighted by molar-refractivity contribution is -0.140. The molecule has 0 aromatic heterocycles. The van der Waals surface area contributed by atoms with Crippen LogP contribution in [0.5, 0.6) is 5.75 Å². The Bertz CT molecular complexity index is 504. The Labute approximate surface area is 134 Å². The molecule has 1 aromatic rings. The molecule has 1 aromatic carbocycles. The number of rotatable bonds is 8. The van der Waals surface area contributed by atoms with E-state index in [1.807, 2.05) is 24.3 Å². The molecule has 0 N–H and O–H groups in total. The van der Waals surface area contributed by atoms with E-state index in [0.717, 1.165) is 30.8 Å². The first-order valence-corrected chi connectivity index (χ1v) is 7.86. The summed E-state index contributed by atoms with van der Waals surface area (Å²) in [5, 5.41) is 0. The second-order valence-corrected chi connectivity index (χ2v) is 5.29. The van der Waals surface area contributed by atoms with E-state index in [1.54, 1.807) is 6.92 Å². The van der Waals surface area contributed by atoms with Crippen LogP contribution < -0.4 is 4.74 Å². The number of hydrogen-bond acceptors (Lipinski definition) is 3. The van der Waals surface area contributed by atoms with Crippen molar-refractivity contribution in [2.75, 3.05) is 13.7 Å². The lowest BCUT2D eigenvalue weighted by Gasteiger charge is -2.15. The Morgan fingerprint density at radius 1 is 1.18 bits per heavy atom. The minimum absolute atomic E-state index is 0.134. The van der Waals surface area contributed by atoms with Gasteiger partial charge >= 0.3 is 5.97 Å². The highest BCUT2D eigenvalue weighted by Gasteiger charge is 2.14. The third-order valence-electron chi connectivity index (χ3n) is 3.84. The molecule has 1 unspecified atom stereocenters. The molecule has 22 heavy (non-hydrogen) atoms. The largest absolute Gasteiger partial charge is 0.493 e. The van der Waals surface area contributed by atoms with E-state index in [9.17, 15) is 4.79 Å². The second kappa shape index (κ2) is 9.89. The van der Waals surface area contributed by atoms with Crippen LogP contribution in [0.15, 0.2) is 24.3 Å². The molecule has 0 heterocycles. The second-order valence-electron chi connectivity index (χ2n) is 5.29. The number of ether oxygens (including phenoxy) is 2. The molecule has 120 valence electrons. The van der Waals surface area contributed by atoms with Crippen LogP contribution in [0, 0.1) is 17.8 Å². The zero-order chi connectivity index (χ0) is 16.4. The smallest absolute Gasteiger partial charge is 0.307 e. The predicted octanol–water partition coefficient (Wildman–Crippen LogP) is 4.17. The fraction of sp³-hybridized carbons (Fsp3) is 0.526. The fourth-order valence-electron chi connectivity index (χ4n) is 2.21. The highest BCUT2D eigenvalue weighted by atomic mass is 16.5. The first kappa shape index (κ1) is 18.1. The predicted molar refractivity (Wildman–Crippen MR) is 88.8 cm³/mol. The first-order chi connectivity index (χ1) is 10.6. The number of esters is 1. The van der Waals surface area contributed by atoms with Crippen molar-refractivity contribution in [1.29, 1.82) is 0 Å². The minimum atomic E-state index is -0.248. The molecular weight excluding hydrogens is 276 g/mol. The summed E-state index contributed by atoms with van der Waals surface area (Å²) in [7, 11) is 1.40. The zero-order valence-electron chi connectivity index (χ0n) is 14.0. The number of carbonyl (C=O) groups is 1. The van der Waals surface area contributed by atoms with Crippen LogP contribution in [-0.2, 0) is 9.53 Å². The van der Waals surface area contributed by atoms with Crippen LogP contribution in [0.4, 0.5) is 0 Å². The maximum Gasteiger partial charge on any atom is 0.307 e. The van der Waals surface area contributed by atoms with Crippen LogP contribution in [-0.4, -0.2) is 19.7 Å². The molecule has 0 saturated carbocycles. The topological polar surface area (TPSA) is 35.5 Å². The van der Waals surface area contributed by atoms with Crippen molar-refractivity contribution in [3.05, 3.63) is 29.8 Å². The van der Waals surface area contributed by atoms with Crippen molar-refractivity contribution in [1.82, 2.24) is 0 Å². The maximum atomic E-state index is 11.5. The molecule has 0 spiro atoms. The van der Waals surface area contributed by atoms with E-state index in [4.69, 9.17) is 9.47 Å². The lowest BCUT2D eigenvalue weighted by Crippen LogP contribution is -2.10. The molecule has 0 aliphatic carbocycles. The summed E-state index contributed by atoms with van der Waals surface area (Å²) in [5.41, 5.74) is 1.01. The molecule has 0 aliphatic rings. The Balaban J connectivity index is 2.71. The van der Waals surface area contributed by atoms with E-state index in [1.165, 1.54) is 7.11 Å². The van der Waals surface area contributed by atoms with E-state index >= 15 is 0 Å². The van der Waals surface area contributed by atoms with E-state index < -0.39 is 0 Å². The summed E-state index contributed by atoms with van der Waals surface area (Å²) >= 11 is 0. The van der Waals surface area contributed by atoms with Crippen molar-refractivity contribution in [3.63, 3.8) is 0 Å². The Morgan fingerprint density at radius 2 is 1.82 bits per heavy atom. The third-order valence-corrected chi connectivity index (χ3v) is 3.84. The van der Waals surface area contributed by atoms with E-state index in [-0.39, 0.29) is 18.3 Å². The lowest BCUT2D eigenvalue weighted by atomic mass is 9.96. The first-order valence-electron chi connectivity index (χ1n) is 7.86.